The molecular formula is C18H28N4O3. The summed E-state index contributed by atoms with van der Waals surface area (Å²) in [6, 6.07) is 1.87. The van der Waals surface area contributed by atoms with Crippen LogP contribution in [0.5, 0.6) is 0 Å². The first-order valence-corrected chi connectivity index (χ1v) is 9.50. The van der Waals surface area contributed by atoms with Crippen molar-refractivity contribution in [2.24, 2.45) is 0 Å². The zero-order valence-electron chi connectivity index (χ0n) is 14.7. The van der Waals surface area contributed by atoms with E-state index in [1.807, 2.05) is 0 Å². The summed E-state index contributed by atoms with van der Waals surface area (Å²) in [6.45, 7) is 0.0517. The van der Waals surface area contributed by atoms with Crippen LogP contribution < -0.4 is 10.6 Å². The fraction of sp³-hybridized carbons (Fsp3) is 0.722. The van der Waals surface area contributed by atoms with Crippen molar-refractivity contribution >= 4 is 17.8 Å². The molecular weight excluding hydrogens is 320 g/mol. The van der Waals surface area contributed by atoms with E-state index in [4.69, 9.17) is 4.52 Å². The number of hydrogen-bond acceptors (Lipinski definition) is 4. The molecule has 25 heavy (non-hydrogen) atoms. The number of nitrogens with zero attached hydrogens (tertiary/aromatic N) is 2. The molecule has 0 radical (unpaired) electrons. The lowest BCUT2D eigenvalue weighted by molar-refractivity contribution is -0.117. The molecule has 0 aromatic carbocycles. The first kappa shape index (κ1) is 17.8. The van der Waals surface area contributed by atoms with Gasteiger partial charge in [-0.25, -0.2) is 4.79 Å². The van der Waals surface area contributed by atoms with Crippen LogP contribution in [0.1, 0.15) is 64.2 Å². The highest BCUT2D eigenvalue weighted by Crippen LogP contribution is 2.24. The summed E-state index contributed by atoms with van der Waals surface area (Å²) in [5.41, 5.74) is 0. The average molecular weight is 348 g/mol. The summed E-state index contributed by atoms with van der Waals surface area (Å²) in [4.78, 5) is 26.9. The largest absolute Gasteiger partial charge is 0.363 e. The fourth-order valence-electron chi connectivity index (χ4n) is 3.88. The van der Waals surface area contributed by atoms with Gasteiger partial charge < -0.3 is 20.1 Å². The molecule has 1 aromatic rings. The second kappa shape index (κ2) is 8.87. The standard InChI is InChI=1S/C18H28N4O3/c23-17(20-16-11-12-25-21-16)13-22(15-9-5-2-6-10-15)18(24)19-14-7-3-1-4-8-14/h11-12,14-15H,1-10,13H2,(H,19,24)(H,20,21,23). The number of anilines is 1. The molecule has 0 unspecified atom stereocenters. The first-order valence-electron chi connectivity index (χ1n) is 9.50. The quantitative estimate of drug-likeness (QED) is 0.855. The van der Waals surface area contributed by atoms with Crippen molar-refractivity contribution in [3.8, 4) is 0 Å². The van der Waals surface area contributed by atoms with Gasteiger partial charge in [0.15, 0.2) is 5.82 Å². The minimum atomic E-state index is -0.238. The van der Waals surface area contributed by atoms with E-state index in [-0.39, 0.29) is 30.6 Å². The number of carbonyl (C=O) groups excluding carboxylic acids is 2. The topological polar surface area (TPSA) is 87.5 Å². The molecule has 0 atom stereocenters. The van der Waals surface area contributed by atoms with Crippen molar-refractivity contribution < 1.29 is 14.1 Å². The Morgan fingerprint density at radius 2 is 1.76 bits per heavy atom. The highest BCUT2D eigenvalue weighted by atomic mass is 16.5. The van der Waals surface area contributed by atoms with Gasteiger partial charge >= 0.3 is 6.03 Å². The van der Waals surface area contributed by atoms with Crippen LogP contribution in [0.3, 0.4) is 0 Å². The summed E-state index contributed by atoms with van der Waals surface area (Å²) in [6.07, 6.45) is 12.4. The van der Waals surface area contributed by atoms with Gasteiger partial charge in [0.1, 0.15) is 12.8 Å². The Bertz CT molecular complexity index is 549. The molecule has 0 saturated heterocycles. The highest BCUT2D eigenvalue weighted by Gasteiger charge is 2.29. The summed E-state index contributed by atoms with van der Waals surface area (Å²) >= 11 is 0. The van der Waals surface area contributed by atoms with Crippen LogP contribution in [0.2, 0.25) is 0 Å². The Morgan fingerprint density at radius 1 is 1.08 bits per heavy atom. The predicted octanol–water partition coefficient (Wildman–Crippen LogP) is 3.29. The van der Waals surface area contributed by atoms with Crippen molar-refractivity contribution in [2.45, 2.75) is 76.3 Å². The van der Waals surface area contributed by atoms with Crippen LogP contribution in [0.25, 0.3) is 0 Å². The molecule has 7 heteroatoms. The van der Waals surface area contributed by atoms with Crippen molar-refractivity contribution in [3.63, 3.8) is 0 Å². The zero-order chi connectivity index (χ0) is 17.5. The van der Waals surface area contributed by atoms with E-state index in [1.165, 1.54) is 31.9 Å². The second-order valence-electron chi connectivity index (χ2n) is 7.14. The minimum absolute atomic E-state index is 0.0517. The molecule has 2 fully saturated rings. The molecule has 1 heterocycles. The third-order valence-electron chi connectivity index (χ3n) is 5.23. The Balaban J connectivity index is 1.61. The first-order chi connectivity index (χ1) is 12.2. The van der Waals surface area contributed by atoms with Crippen molar-refractivity contribution in [1.82, 2.24) is 15.4 Å². The maximum atomic E-state index is 12.8. The Hall–Kier alpha value is -2.05. The molecule has 0 spiro atoms. The van der Waals surface area contributed by atoms with Crippen LogP contribution in [-0.2, 0) is 4.79 Å². The maximum absolute atomic E-state index is 12.8. The number of aromatic nitrogens is 1. The molecule has 7 nitrogen and oxygen atoms in total. The third kappa shape index (κ3) is 5.21. The van der Waals surface area contributed by atoms with E-state index >= 15 is 0 Å². The molecule has 2 saturated carbocycles. The normalized spacial score (nSPS) is 19.4. The number of hydrogen-bond donors (Lipinski definition) is 2. The third-order valence-corrected chi connectivity index (χ3v) is 5.23. The van der Waals surface area contributed by atoms with Crippen LogP contribution >= 0.6 is 0 Å². The summed E-state index contributed by atoms with van der Waals surface area (Å²) in [5.74, 6) is 0.138. The summed E-state index contributed by atoms with van der Waals surface area (Å²) in [5, 5.41) is 9.53. The molecule has 0 aliphatic heterocycles. The Kier molecular flexibility index (Phi) is 6.30. The van der Waals surface area contributed by atoms with E-state index in [1.54, 1.807) is 11.0 Å². The van der Waals surface area contributed by atoms with Crippen LogP contribution in [-0.4, -0.2) is 40.6 Å². The SMILES string of the molecule is O=C(CN(C(=O)NC1CCCCC1)C1CCCCC1)Nc1ccon1. The van der Waals surface area contributed by atoms with Crippen LogP contribution in [0.15, 0.2) is 16.9 Å². The number of carbonyl (C=O) groups is 2. The van der Waals surface area contributed by atoms with Crippen molar-refractivity contribution in [1.29, 1.82) is 0 Å². The van der Waals surface area contributed by atoms with Gasteiger partial charge in [0.05, 0.1) is 0 Å². The lowest BCUT2D eigenvalue weighted by atomic mass is 9.94. The zero-order valence-corrected chi connectivity index (χ0v) is 14.7. The lowest BCUT2D eigenvalue weighted by Gasteiger charge is -2.35. The van der Waals surface area contributed by atoms with Crippen LogP contribution in [0, 0.1) is 0 Å². The van der Waals surface area contributed by atoms with Gasteiger partial charge in [0, 0.05) is 18.2 Å². The van der Waals surface area contributed by atoms with Crippen molar-refractivity contribution in [2.75, 3.05) is 11.9 Å². The van der Waals surface area contributed by atoms with Gasteiger partial charge in [-0.15, -0.1) is 0 Å². The number of nitrogens with one attached hydrogen (secondary N) is 2. The second-order valence-corrected chi connectivity index (χ2v) is 7.14. The van der Waals surface area contributed by atoms with Gasteiger partial charge in [0.25, 0.3) is 0 Å². The van der Waals surface area contributed by atoms with Gasteiger partial charge in [-0.1, -0.05) is 43.7 Å². The maximum Gasteiger partial charge on any atom is 0.318 e. The summed E-state index contributed by atoms with van der Waals surface area (Å²) < 4.78 is 4.73. The van der Waals surface area contributed by atoms with Gasteiger partial charge in [0.2, 0.25) is 5.91 Å². The fourth-order valence-corrected chi connectivity index (χ4v) is 3.88. The highest BCUT2D eigenvalue weighted by molar-refractivity contribution is 5.93. The monoisotopic (exact) mass is 348 g/mol. The molecule has 2 aliphatic carbocycles. The van der Waals surface area contributed by atoms with E-state index in [9.17, 15) is 9.59 Å². The van der Waals surface area contributed by atoms with Gasteiger partial charge in [-0.3, -0.25) is 4.79 Å². The number of urea groups is 1. The average Bonchev–Trinajstić information content (AvgIpc) is 3.14. The summed E-state index contributed by atoms with van der Waals surface area (Å²) in [7, 11) is 0. The predicted molar refractivity (Wildman–Crippen MR) is 94.1 cm³/mol. The molecule has 2 N–H and O–H groups in total. The van der Waals surface area contributed by atoms with Crippen LogP contribution in [0.4, 0.5) is 10.6 Å². The molecule has 3 amide bonds. The molecule has 2 aliphatic rings. The van der Waals surface area contributed by atoms with Gasteiger partial charge in [-0.05, 0) is 25.7 Å². The van der Waals surface area contributed by atoms with E-state index in [0.29, 0.717) is 5.82 Å². The van der Waals surface area contributed by atoms with E-state index in [2.05, 4.69) is 15.8 Å². The van der Waals surface area contributed by atoms with Gasteiger partial charge in [-0.2, -0.15) is 0 Å². The lowest BCUT2D eigenvalue weighted by Crippen LogP contribution is -2.52. The number of rotatable bonds is 5. The Morgan fingerprint density at radius 3 is 2.40 bits per heavy atom. The molecule has 3 rings (SSSR count). The van der Waals surface area contributed by atoms with E-state index in [0.717, 1.165) is 38.5 Å². The number of amides is 3. The van der Waals surface area contributed by atoms with E-state index < -0.39 is 0 Å². The molecule has 138 valence electrons. The van der Waals surface area contributed by atoms with Crippen molar-refractivity contribution in [3.05, 3.63) is 12.3 Å². The minimum Gasteiger partial charge on any atom is -0.363 e. The Labute approximate surface area is 148 Å². The smallest absolute Gasteiger partial charge is 0.318 e. The molecule has 1 aromatic heterocycles. The molecule has 0 bridgehead atoms.